The highest BCUT2D eigenvalue weighted by molar-refractivity contribution is 14.0. The van der Waals surface area contributed by atoms with Gasteiger partial charge in [-0.2, -0.15) is 0 Å². The van der Waals surface area contributed by atoms with Gasteiger partial charge < -0.3 is 10.6 Å². The summed E-state index contributed by atoms with van der Waals surface area (Å²) >= 11 is 12.2. The van der Waals surface area contributed by atoms with Crippen LogP contribution < -0.4 is 5.73 Å². The molecule has 0 bridgehead atoms. The number of guanidine groups is 1. The van der Waals surface area contributed by atoms with E-state index < -0.39 is 0 Å². The molecule has 19 heavy (non-hydrogen) atoms. The normalized spacial score (nSPS) is 15.0. The molecule has 106 valence electrons. The first-order valence-corrected chi connectivity index (χ1v) is 6.81. The number of hydrogen-bond acceptors (Lipinski definition) is 1. The molecule has 6 heteroatoms. The lowest BCUT2D eigenvalue weighted by molar-refractivity contribution is 0.487. The predicted molar refractivity (Wildman–Crippen MR) is 92.9 cm³/mol. The third-order valence-corrected chi connectivity index (χ3v) is 3.86. The fourth-order valence-corrected chi connectivity index (χ4v) is 2.40. The van der Waals surface area contributed by atoms with Crippen molar-refractivity contribution in [1.82, 2.24) is 4.90 Å². The molecule has 2 N–H and O–H groups in total. The zero-order chi connectivity index (χ0) is 13.1. The Bertz CT molecular complexity index is 441. The van der Waals surface area contributed by atoms with Gasteiger partial charge in [-0.15, -0.1) is 24.0 Å². The van der Waals surface area contributed by atoms with Crippen LogP contribution >= 0.6 is 47.2 Å². The maximum Gasteiger partial charge on any atom is 0.191 e. The molecule has 1 saturated carbocycles. The number of nitrogens with two attached hydrogens (primary N) is 1. The van der Waals surface area contributed by atoms with Crippen molar-refractivity contribution in [3.63, 3.8) is 0 Å². The Morgan fingerprint density at radius 2 is 1.95 bits per heavy atom. The molecule has 1 aliphatic rings. The molecular formula is C13H18Cl2IN3. The van der Waals surface area contributed by atoms with E-state index in [0.717, 1.165) is 5.56 Å². The van der Waals surface area contributed by atoms with Crippen LogP contribution in [-0.4, -0.2) is 30.5 Å². The molecule has 0 radical (unpaired) electrons. The number of rotatable bonds is 4. The first kappa shape index (κ1) is 16.9. The zero-order valence-corrected chi connectivity index (χ0v) is 14.6. The highest BCUT2D eigenvalue weighted by Gasteiger charge is 2.27. The van der Waals surface area contributed by atoms with E-state index in [0.29, 0.717) is 35.0 Å². The lowest BCUT2D eigenvalue weighted by Crippen LogP contribution is -2.35. The quantitative estimate of drug-likeness (QED) is 0.465. The third-order valence-electron chi connectivity index (χ3n) is 3.15. The summed E-state index contributed by atoms with van der Waals surface area (Å²) in [5, 5.41) is 1.37. The molecule has 1 aromatic rings. The van der Waals surface area contributed by atoms with E-state index in [1.807, 2.05) is 30.1 Å². The Balaban J connectivity index is 0.00000180. The number of hydrogen-bond donors (Lipinski definition) is 1. The smallest absolute Gasteiger partial charge is 0.191 e. The van der Waals surface area contributed by atoms with Gasteiger partial charge in [-0.05, 0) is 37.0 Å². The molecule has 1 fully saturated rings. The van der Waals surface area contributed by atoms with Crippen LogP contribution in [0.4, 0.5) is 0 Å². The predicted octanol–water partition coefficient (Wildman–Crippen LogP) is 3.56. The maximum atomic E-state index is 6.09. The fraction of sp³-hybridized carbons (Fsp3) is 0.462. The lowest BCUT2D eigenvalue weighted by Gasteiger charge is -2.16. The largest absolute Gasteiger partial charge is 0.370 e. The van der Waals surface area contributed by atoms with Crippen molar-refractivity contribution in [3.8, 4) is 0 Å². The summed E-state index contributed by atoms with van der Waals surface area (Å²) < 4.78 is 0. The van der Waals surface area contributed by atoms with E-state index >= 15 is 0 Å². The number of halogens is 3. The van der Waals surface area contributed by atoms with E-state index in [4.69, 9.17) is 28.9 Å². The van der Waals surface area contributed by atoms with Gasteiger partial charge in [-0.3, -0.25) is 4.99 Å². The molecular weight excluding hydrogens is 396 g/mol. The van der Waals surface area contributed by atoms with E-state index in [2.05, 4.69) is 4.99 Å². The fourth-order valence-electron chi connectivity index (χ4n) is 1.81. The van der Waals surface area contributed by atoms with Gasteiger partial charge in [0, 0.05) is 29.7 Å². The lowest BCUT2D eigenvalue weighted by atomic mass is 10.1. The van der Waals surface area contributed by atoms with E-state index in [-0.39, 0.29) is 24.0 Å². The maximum absolute atomic E-state index is 6.09. The monoisotopic (exact) mass is 413 g/mol. The second-order valence-electron chi connectivity index (χ2n) is 4.53. The first-order chi connectivity index (χ1) is 8.59. The van der Waals surface area contributed by atoms with Gasteiger partial charge >= 0.3 is 0 Å². The van der Waals surface area contributed by atoms with Crippen molar-refractivity contribution in [2.75, 3.05) is 13.6 Å². The van der Waals surface area contributed by atoms with Crippen LogP contribution in [0.3, 0.4) is 0 Å². The van der Waals surface area contributed by atoms with Crippen LogP contribution in [0.2, 0.25) is 10.0 Å². The Kier molecular flexibility index (Phi) is 6.69. The van der Waals surface area contributed by atoms with Gasteiger partial charge in [-0.25, -0.2) is 0 Å². The van der Waals surface area contributed by atoms with Crippen molar-refractivity contribution in [1.29, 1.82) is 0 Å². The van der Waals surface area contributed by atoms with Crippen molar-refractivity contribution in [3.05, 3.63) is 33.8 Å². The van der Waals surface area contributed by atoms with Crippen LogP contribution in [0.15, 0.2) is 23.2 Å². The van der Waals surface area contributed by atoms with Crippen LogP contribution in [0, 0.1) is 0 Å². The van der Waals surface area contributed by atoms with Crippen LogP contribution in [0.1, 0.15) is 18.4 Å². The minimum Gasteiger partial charge on any atom is -0.370 e. The zero-order valence-electron chi connectivity index (χ0n) is 10.8. The van der Waals surface area contributed by atoms with Gasteiger partial charge in [0.05, 0.1) is 0 Å². The van der Waals surface area contributed by atoms with Crippen molar-refractivity contribution >= 4 is 53.1 Å². The number of aliphatic imine (C=N–C) groups is 1. The summed E-state index contributed by atoms with van der Waals surface area (Å²) in [7, 11) is 1.99. The van der Waals surface area contributed by atoms with Crippen LogP contribution in [0.5, 0.6) is 0 Å². The molecule has 3 nitrogen and oxygen atoms in total. The molecule has 1 aliphatic carbocycles. The van der Waals surface area contributed by atoms with E-state index in [9.17, 15) is 0 Å². The van der Waals surface area contributed by atoms with Gasteiger partial charge in [-0.1, -0.05) is 29.3 Å². The Morgan fingerprint density at radius 3 is 2.47 bits per heavy atom. The Hall–Kier alpha value is -0.200. The number of benzene rings is 1. The summed E-state index contributed by atoms with van der Waals surface area (Å²) in [4.78, 5) is 6.40. The Morgan fingerprint density at radius 1 is 1.37 bits per heavy atom. The van der Waals surface area contributed by atoms with Gasteiger partial charge in [0.1, 0.15) is 0 Å². The van der Waals surface area contributed by atoms with Gasteiger partial charge in [0.25, 0.3) is 0 Å². The van der Waals surface area contributed by atoms with E-state index in [1.54, 1.807) is 0 Å². The average Bonchev–Trinajstić information content (AvgIpc) is 3.16. The minimum atomic E-state index is 0. The summed E-state index contributed by atoms with van der Waals surface area (Å²) in [6.45, 7) is 0.604. The standard InChI is InChI=1S/C13H17Cl2N3.HI/c1-18(9-5-6-9)13(16)17-8-7-10-11(14)3-2-4-12(10)15;/h2-4,9H,5-8H2,1H3,(H2,16,17);1H. The SMILES string of the molecule is CN(C(N)=NCCc1c(Cl)cccc1Cl)C1CC1.I. The highest BCUT2D eigenvalue weighted by Crippen LogP contribution is 2.26. The Labute approximate surface area is 141 Å². The topological polar surface area (TPSA) is 41.6 Å². The second kappa shape index (κ2) is 7.55. The molecule has 0 atom stereocenters. The summed E-state index contributed by atoms with van der Waals surface area (Å²) in [6.07, 6.45) is 3.13. The molecule has 0 spiro atoms. The summed E-state index contributed by atoms with van der Waals surface area (Å²) in [6, 6.07) is 6.10. The highest BCUT2D eigenvalue weighted by atomic mass is 127. The van der Waals surface area contributed by atoms with Crippen molar-refractivity contribution in [2.24, 2.45) is 10.7 Å². The number of nitrogens with zero attached hydrogens (tertiary/aromatic N) is 2. The van der Waals surface area contributed by atoms with Gasteiger partial charge in [0.15, 0.2) is 5.96 Å². The van der Waals surface area contributed by atoms with E-state index in [1.165, 1.54) is 12.8 Å². The minimum absolute atomic E-state index is 0. The molecule has 0 unspecified atom stereocenters. The molecule has 0 heterocycles. The van der Waals surface area contributed by atoms with Crippen molar-refractivity contribution < 1.29 is 0 Å². The molecule has 1 aromatic carbocycles. The van der Waals surface area contributed by atoms with Crippen molar-refractivity contribution in [2.45, 2.75) is 25.3 Å². The average molecular weight is 414 g/mol. The molecule has 0 aromatic heterocycles. The molecule has 2 rings (SSSR count). The van der Waals surface area contributed by atoms with Crippen LogP contribution in [0.25, 0.3) is 0 Å². The second-order valence-corrected chi connectivity index (χ2v) is 5.35. The molecule has 0 aliphatic heterocycles. The summed E-state index contributed by atoms with van der Waals surface area (Å²) in [5.41, 5.74) is 6.84. The summed E-state index contributed by atoms with van der Waals surface area (Å²) in [5.74, 6) is 0.598. The van der Waals surface area contributed by atoms with Crippen LogP contribution in [-0.2, 0) is 6.42 Å². The van der Waals surface area contributed by atoms with Gasteiger partial charge in [0.2, 0.25) is 0 Å². The first-order valence-electron chi connectivity index (χ1n) is 6.05. The molecule has 0 amide bonds. The molecule has 0 saturated heterocycles. The third kappa shape index (κ3) is 4.68.